The molecule has 3 rings (SSSR count). The number of rotatable bonds is 5. The summed E-state index contributed by atoms with van der Waals surface area (Å²) in [5, 5.41) is 22.4. The Morgan fingerprint density at radius 3 is 2.61 bits per heavy atom. The number of hydrogen-bond acceptors (Lipinski definition) is 9. The summed E-state index contributed by atoms with van der Waals surface area (Å²) >= 11 is 0. The SMILES string of the molecule is COC(=O)c1nc([C@]2(C(=O)OCc3ccccc3)C[C@H](F)CN2)nc(O)c1O. The van der Waals surface area contributed by atoms with Gasteiger partial charge in [0.25, 0.3) is 5.88 Å². The number of ether oxygens (including phenoxy) is 2. The summed E-state index contributed by atoms with van der Waals surface area (Å²) in [7, 11) is 1.05. The summed E-state index contributed by atoms with van der Waals surface area (Å²) in [6.07, 6.45) is -1.78. The lowest BCUT2D eigenvalue weighted by Gasteiger charge is -2.26. The van der Waals surface area contributed by atoms with Gasteiger partial charge >= 0.3 is 11.9 Å². The first kappa shape index (κ1) is 19.5. The second kappa shape index (κ2) is 7.77. The van der Waals surface area contributed by atoms with Crippen molar-refractivity contribution in [3.05, 3.63) is 47.4 Å². The maximum atomic E-state index is 14.0. The highest BCUT2D eigenvalue weighted by atomic mass is 19.1. The molecular weight excluding hydrogens is 373 g/mol. The van der Waals surface area contributed by atoms with Crippen molar-refractivity contribution in [2.45, 2.75) is 24.7 Å². The van der Waals surface area contributed by atoms with Gasteiger partial charge in [-0.25, -0.2) is 19.0 Å². The summed E-state index contributed by atoms with van der Waals surface area (Å²) in [5.74, 6) is -4.18. The third kappa shape index (κ3) is 3.58. The predicted molar refractivity (Wildman–Crippen MR) is 92.1 cm³/mol. The van der Waals surface area contributed by atoms with Crippen LogP contribution in [0.1, 0.15) is 28.3 Å². The van der Waals surface area contributed by atoms with Crippen molar-refractivity contribution in [2.75, 3.05) is 13.7 Å². The molecule has 148 valence electrons. The standard InChI is InChI=1S/C18H18FN3O6/c1-27-15(25)12-13(23)14(24)22-16(21-12)18(7-11(19)8-20-18)17(26)28-9-10-5-3-2-4-6-10/h2-6,11,20,23H,7-9H2,1H3,(H,21,22,24)/t11-,18-/m0/s1. The zero-order valence-corrected chi connectivity index (χ0v) is 14.9. The van der Waals surface area contributed by atoms with Gasteiger partial charge in [-0.15, -0.1) is 0 Å². The molecule has 10 heteroatoms. The van der Waals surface area contributed by atoms with E-state index in [4.69, 9.17) is 4.74 Å². The molecule has 1 saturated heterocycles. The van der Waals surface area contributed by atoms with Gasteiger partial charge in [0.1, 0.15) is 12.8 Å². The minimum absolute atomic E-state index is 0.0754. The summed E-state index contributed by atoms with van der Waals surface area (Å²) in [6, 6.07) is 8.85. The number of carbonyl (C=O) groups is 2. The number of alkyl halides is 1. The fraction of sp³-hybridized carbons (Fsp3) is 0.333. The van der Waals surface area contributed by atoms with E-state index in [0.29, 0.717) is 5.56 Å². The molecule has 1 aromatic carbocycles. The molecule has 1 aliphatic heterocycles. The van der Waals surface area contributed by atoms with Crippen LogP contribution in [0.15, 0.2) is 30.3 Å². The van der Waals surface area contributed by atoms with Gasteiger partial charge in [0, 0.05) is 13.0 Å². The predicted octanol–water partition coefficient (Wildman–Crippen LogP) is 0.944. The van der Waals surface area contributed by atoms with Crippen LogP contribution in [0.5, 0.6) is 11.6 Å². The van der Waals surface area contributed by atoms with Gasteiger partial charge in [-0.2, -0.15) is 4.98 Å². The number of methoxy groups -OCH3 is 1. The average Bonchev–Trinajstić information content (AvgIpc) is 3.11. The number of aromatic nitrogens is 2. The van der Waals surface area contributed by atoms with Crippen molar-refractivity contribution in [1.29, 1.82) is 0 Å². The molecule has 0 bridgehead atoms. The van der Waals surface area contributed by atoms with E-state index in [9.17, 15) is 24.2 Å². The highest BCUT2D eigenvalue weighted by Crippen LogP contribution is 2.36. The molecule has 1 fully saturated rings. The smallest absolute Gasteiger partial charge is 0.360 e. The molecule has 2 atom stereocenters. The van der Waals surface area contributed by atoms with Gasteiger partial charge in [-0.1, -0.05) is 30.3 Å². The van der Waals surface area contributed by atoms with Crippen LogP contribution in [0.4, 0.5) is 4.39 Å². The Labute approximate surface area is 159 Å². The van der Waals surface area contributed by atoms with E-state index in [2.05, 4.69) is 20.0 Å². The van der Waals surface area contributed by atoms with Crippen LogP contribution in [0.25, 0.3) is 0 Å². The quantitative estimate of drug-likeness (QED) is 0.637. The fourth-order valence-corrected chi connectivity index (χ4v) is 2.90. The Kier molecular flexibility index (Phi) is 5.41. The molecule has 2 heterocycles. The number of hydrogen-bond donors (Lipinski definition) is 3. The van der Waals surface area contributed by atoms with Gasteiger partial charge in [-0.05, 0) is 5.56 Å². The summed E-state index contributed by atoms with van der Waals surface area (Å²) in [6.45, 7) is -0.257. The van der Waals surface area contributed by atoms with Gasteiger partial charge in [-0.3, -0.25) is 5.32 Å². The van der Waals surface area contributed by atoms with Crippen LogP contribution >= 0.6 is 0 Å². The molecule has 1 aromatic heterocycles. The molecule has 0 radical (unpaired) electrons. The Balaban J connectivity index is 1.97. The van der Waals surface area contributed by atoms with Crippen LogP contribution < -0.4 is 5.32 Å². The zero-order chi connectivity index (χ0) is 20.3. The number of halogens is 1. The molecule has 0 unspecified atom stereocenters. The topological polar surface area (TPSA) is 131 Å². The lowest BCUT2D eigenvalue weighted by Crippen LogP contribution is -2.47. The van der Waals surface area contributed by atoms with Gasteiger partial charge in [0.05, 0.1) is 7.11 Å². The second-order valence-electron chi connectivity index (χ2n) is 6.21. The van der Waals surface area contributed by atoms with Crippen LogP contribution in [0.2, 0.25) is 0 Å². The first-order valence-electron chi connectivity index (χ1n) is 8.36. The summed E-state index contributed by atoms with van der Waals surface area (Å²) < 4.78 is 23.8. The van der Waals surface area contributed by atoms with Crippen LogP contribution in [0.3, 0.4) is 0 Å². The largest absolute Gasteiger partial charge is 0.501 e. The molecule has 2 aromatic rings. The van der Waals surface area contributed by atoms with Crippen molar-refractivity contribution in [2.24, 2.45) is 0 Å². The average molecular weight is 391 g/mol. The van der Waals surface area contributed by atoms with E-state index < -0.39 is 46.8 Å². The number of carbonyl (C=O) groups excluding carboxylic acids is 2. The van der Waals surface area contributed by atoms with E-state index >= 15 is 0 Å². The van der Waals surface area contributed by atoms with Crippen molar-refractivity contribution in [1.82, 2.24) is 15.3 Å². The molecule has 1 aliphatic rings. The maximum Gasteiger partial charge on any atom is 0.360 e. The van der Waals surface area contributed by atoms with E-state index in [-0.39, 0.29) is 19.6 Å². The maximum absolute atomic E-state index is 14.0. The second-order valence-corrected chi connectivity index (χ2v) is 6.21. The van der Waals surface area contributed by atoms with E-state index in [1.807, 2.05) is 0 Å². The molecule has 28 heavy (non-hydrogen) atoms. The first-order valence-corrected chi connectivity index (χ1v) is 8.36. The number of benzene rings is 1. The molecule has 3 N–H and O–H groups in total. The normalized spacial score (nSPS) is 21.3. The molecule has 0 amide bonds. The number of aromatic hydroxyl groups is 2. The van der Waals surface area contributed by atoms with Crippen molar-refractivity contribution >= 4 is 11.9 Å². The van der Waals surface area contributed by atoms with Crippen LogP contribution in [0, 0.1) is 0 Å². The van der Waals surface area contributed by atoms with Gasteiger partial charge < -0.3 is 19.7 Å². The molecule has 9 nitrogen and oxygen atoms in total. The number of nitrogens with zero attached hydrogens (tertiary/aromatic N) is 2. The van der Waals surface area contributed by atoms with Crippen molar-refractivity contribution in [3.8, 4) is 11.6 Å². The molecular formula is C18H18FN3O6. The van der Waals surface area contributed by atoms with E-state index in [1.165, 1.54) is 0 Å². The summed E-state index contributed by atoms with van der Waals surface area (Å²) in [5.41, 5.74) is -1.77. The third-order valence-corrected chi connectivity index (χ3v) is 4.34. The fourth-order valence-electron chi connectivity index (χ4n) is 2.90. The van der Waals surface area contributed by atoms with Crippen LogP contribution in [-0.2, 0) is 26.4 Å². The first-order chi connectivity index (χ1) is 13.4. The minimum Gasteiger partial charge on any atom is -0.501 e. The summed E-state index contributed by atoms with van der Waals surface area (Å²) in [4.78, 5) is 32.2. The van der Waals surface area contributed by atoms with E-state index in [0.717, 1.165) is 7.11 Å². The lowest BCUT2D eigenvalue weighted by atomic mass is 9.95. The van der Waals surface area contributed by atoms with Crippen molar-refractivity contribution < 1.29 is 33.7 Å². The zero-order valence-electron chi connectivity index (χ0n) is 14.9. The molecule has 0 aliphatic carbocycles. The Morgan fingerprint density at radius 1 is 1.29 bits per heavy atom. The molecule has 0 spiro atoms. The van der Waals surface area contributed by atoms with Crippen LogP contribution in [-0.4, -0.2) is 51.9 Å². The van der Waals surface area contributed by atoms with Crippen molar-refractivity contribution in [3.63, 3.8) is 0 Å². The Hall–Kier alpha value is -3.27. The number of esters is 2. The highest BCUT2D eigenvalue weighted by Gasteiger charge is 2.51. The van der Waals surface area contributed by atoms with Gasteiger partial charge in [0.2, 0.25) is 5.75 Å². The van der Waals surface area contributed by atoms with E-state index in [1.54, 1.807) is 30.3 Å². The minimum atomic E-state index is -1.83. The molecule has 0 saturated carbocycles. The third-order valence-electron chi connectivity index (χ3n) is 4.34. The number of nitrogens with one attached hydrogen (secondary N) is 1. The Bertz CT molecular complexity index is 894. The Morgan fingerprint density at radius 2 is 2.00 bits per heavy atom. The monoisotopic (exact) mass is 391 g/mol. The lowest BCUT2D eigenvalue weighted by molar-refractivity contribution is -0.153. The highest BCUT2D eigenvalue weighted by molar-refractivity contribution is 5.91. The van der Waals surface area contributed by atoms with Gasteiger partial charge in [0.15, 0.2) is 17.1 Å².